The topological polar surface area (TPSA) is 82.6 Å². The highest BCUT2D eigenvalue weighted by Crippen LogP contribution is 2.36. The van der Waals surface area contributed by atoms with Gasteiger partial charge < -0.3 is 9.64 Å². The fourth-order valence-electron chi connectivity index (χ4n) is 4.53. The molecule has 0 aliphatic carbocycles. The molecule has 0 radical (unpaired) electrons. The zero-order valence-corrected chi connectivity index (χ0v) is 19.7. The van der Waals surface area contributed by atoms with Gasteiger partial charge in [0.2, 0.25) is 0 Å². The van der Waals surface area contributed by atoms with Crippen LogP contribution in [0.2, 0.25) is 0 Å². The fourth-order valence-corrected chi connectivity index (χ4v) is 4.53. The molecule has 2 aromatic carbocycles. The largest absolute Gasteiger partial charge is 0.492 e. The number of ether oxygens (including phenoxy) is 1. The fraction of sp³-hybridized carbons (Fsp3) is 0.500. The van der Waals surface area contributed by atoms with Crippen molar-refractivity contribution in [2.24, 2.45) is 5.92 Å². The van der Waals surface area contributed by atoms with Crippen LogP contribution in [0.1, 0.15) is 32.3 Å². The number of benzene rings is 2. The second kappa shape index (κ2) is 11.8. The van der Waals surface area contributed by atoms with E-state index in [1.54, 1.807) is 12.1 Å². The van der Waals surface area contributed by atoms with Gasteiger partial charge in [0.1, 0.15) is 12.4 Å². The molecule has 33 heavy (non-hydrogen) atoms. The standard InChI is InChI=1S/C26H34N4O3/c1-22(2)26(21-27,23-7-4-3-5-8-23)13-6-14-28-15-17-29(18-16-28)19-20-33-25-11-9-24(10-12-25)30(31)32/h3-5,7-12,22H,6,13-20H2,1-2H3. The molecule has 1 aliphatic heterocycles. The number of rotatable bonds is 11. The van der Waals surface area contributed by atoms with E-state index in [9.17, 15) is 15.4 Å². The van der Waals surface area contributed by atoms with Gasteiger partial charge in [-0.3, -0.25) is 15.0 Å². The summed E-state index contributed by atoms with van der Waals surface area (Å²) in [6, 6.07) is 19.1. The van der Waals surface area contributed by atoms with E-state index >= 15 is 0 Å². The Hall–Kier alpha value is -2.95. The van der Waals surface area contributed by atoms with Crippen molar-refractivity contribution >= 4 is 5.69 Å². The minimum atomic E-state index is -0.432. The molecule has 1 atom stereocenters. The third-order valence-electron chi connectivity index (χ3n) is 6.71. The zero-order chi connectivity index (χ0) is 23.7. The van der Waals surface area contributed by atoms with Crippen molar-refractivity contribution in [3.63, 3.8) is 0 Å². The minimum absolute atomic E-state index is 0.0719. The average molecular weight is 451 g/mol. The first kappa shape index (κ1) is 24.7. The summed E-state index contributed by atoms with van der Waals surface area (Å²) in [6.45, 7) is 10.7. The summed E-state index contributed by atoms with van der Waals surface area (Å²) in [7, 11) is 0. The average Bonchev–Trinajstić information content (AvgIpc) is 2.83. The highest BCUT2D eigenvalue weighted by atomic mass is 16.6. The molecule has 0 spiro atoms. The first-order chi connectivity index (χ1) is 15.9. The SMILES string of the molecule is CC(C)C(C#N)(CCCN1CCN(CCOc2ccc([N+](=O)[O-])cc2)CC1)c1ccccc1. The first-order valence-corrected chi connectivity index (χ1v) is 11.7. The van der Waals surface area contributed by atoms with Crippen LogP contribution in [0, 0.1) is 27.4 Å². The molecular weight excluding hydrogens is 416 g/mol. The van der Waals surface area contributed by atoms with E-state index < -0.39 is 10.3 Å². The molecule has 1 heterocycles. The normalized spacial score (nSPS) is 16.8. The number of nitriles is 1. The number of hydrogen-bond donors (Lipinski definition) is 0. The molecule has 176 valence electrons. The zero-order valence-electron chi connectivity index (χ0n) is 19.7. The Balaban J connectivity index is 1.38. The smallest absolute Gasteiger partial charge is 0.269 e. The van der Waals surface area contributed by atoms with E-state index in [1.807, 2.05) is 18.2 Å². The van der Waals surface area contributed by atoms with Gasteiger partial charge in [-0.2, -0.15) is 5.26 Å². The van der Waals surface area contributed by atoms with Crippen LogP contribution < -0.4 is 4.74 Å². The summed E-state index contributed by atoms with van der Waals surface area (Å²) < 4.78 is 5.74. The maximum atomic E-state index is 10.7. The molecule has 7 nitrogen and oxygen atoms in total. The van der Waals surface area contributed by atoms with Gasteiger partial charge in [0.15, 0.2) is 0 Å². The van der Waals surface area contributed by atoms with Crippen molar-refractivity contribution < 1.29 is 9.66 Å². The second-order valence-corrected chi connectivity index (χ2v) is 8.99. The Bertz CT molecular complexity index is 919. The summed E-state index contributed by atoms with van der Waals surface area (Å²) in [5.74, 6) is 0.918. The second-order valence-electron chi connectivity index (χ2n) is 8.99. The number of nitro groups is 1. The molecule has 1 unspecified atom stereocenters. The minimum Gasteiger partial charge on any atom is -0.492 e. The summed E-state index contributed by atoms with van der Waals surface area (Å²) in [5, 5.41) is 20.8. The summed E-state index contributed by atoms with van der Waals surface area (Å²) in [5.41, 5.74) is 0.765. The van der Waals surface area contributed by atoms with Gasteiger partial charge in [-0.15, -0.1) is 0 Å². The first-order valence-electron chi connectivity index (χ1n) is 11.7. The lowest BCUT2D eigenvalue weighted by Crippen LogP contribution is -2.47. The van der Waals surface area contributed by atoms with Crippen molar-refractivity contribution in [3.8, 4) is 11.8 Å². The van der Waals surface area contributed by atoms with Gasteiger partial charge in [-0.1, -0.05) is 44.2 Å². The van der Waals surface area contributed by atoms with Crippen LogP contribution in [0.4, 0.5) is 5.69 Å². The molecule has 7 heteroatoms. The molecule has 1 saturated heterocycles. The number of hydrogen-bond acceptors (Lipinski definition) is 6. The van der Waals surface area contributed by atoms with Gasteiger partial charge in [-0.05, 0) is 43.0 Å². The summed E-state index contributed by atoms with van der Waals surface area (Å²) in [4.78, 5) is 15.2. The van der Waals surface area contributed by atoms with Crippen molar-refractivity contribution in [2.45, 2.75) is 32.1 Å². The molecule has 0 aromatic heterocycles. The number of nitro benzene ring substituents is 1. The van der Waals surface area contributed by atoms with Crippen LogP contribution in [-0.4, -0.2) is 60.6 Å². The van der Waals surface area contributed by atoms with Gasteiger partial charge >= 0.3 is 0 Å². The van der Waals surface area contributed by atoms with Gasteiger partial charge in [0.25, 0.3) is 5.69 Å². The predicted octanol–water partition coefficient (Wildman–Crippen LogP) is 4.49. The van der Waals surface area contributed by atoms with E-state index in [4.69, 9.17) is 4.74 Å². The highest BCUT2D eigenvalue weighted by Gasteiger charge is 2.35. The molecule has 0 saturated carbocycles. The Kier molecular flexibility index (Phi) is 8.81. The molecule has 0 N–H and O–H groups in total. The molecule has 3 rings (SSSR count). The van der Waals surface area contributed by atoms with Crippen LogP contribution in [0.25, 0.3) is 0 Å². The van der Waals surface area contributed by atoms with Gasteiger partial charge in [-0.25, -0.2) is 0 Å². The van der Waals surface area contributed by atoms with E-state index in [1.165, 1.54) is 12.1 Å². The maximum absolute atomic E-state index is 10.7. The highest BCUT2D eigenvalue weighted by molar-refractivity contribution is 5.36. The lowest BCUT2D eigenvalue weighted by molar-refractivity contribution is -0.384. The lowest BCUT2D eigenvalue weighted by atomic mass is 9.70. The number of nitrogens with zero attached hydrogens (tertiary/aromatic N) is 4. The summed E-state index contributed by atoms with van der Waals surface area (Å²) >= 11 is 0. The third-order valence-corrected chi connectivity index (χ3v) is 6.71. The molecule has 0 bridgehead atoms. The predicted molar refractivity (Wildman–Crippen MR) is 129 cm³/mol. The summed E-state index contributed by atoms with van der Waals surface area (Å²) in [6.07, 6.45) is 1.87. The van der Waals surface area contributed by atoms with E-state index in [2.05, 4.69) is 41.8 Å². The van der Waals surface area contributed by atoms with Crippen LogP contribution in [0.3, 0.4) is 0 Å². The number of piperazine rings is 1. The van der Waals surface area contributed by atoms with Crippen LogP contribution >= 0.6 is 0 Å². The number of non-ortho nitro benzene ring substituents is 1. The van der Waals surface area contributed by atoms with Crippen molar-refractivity contribution in [2.75, 3.05) is 45.9 Å². The van der Waals surface area contributed by atoms with E-state index in [-0.39, 0.29) is 11.6 Å². The van der Waals surface area contributed by atoms with Crippen LogP contribution in [0.15, 0.2) is 54.6 Å². The van der Waals surface area contributed by atoms with E-state index in [0.717, 1.165) is 57.7 Å². The third kappa shape index (κ3) is 6.53. The lowest BCUT2D eigenvalue weighted by Gasteiger charge is -2.36. The van der Waals surface area contributed by atoms with Crippen molar-refractivity contribution in [3.05, 3.63) is 70.3 Å². The Morgan fingerprint density at radius 1 is 1.03 bits per heavy atom. The molecular formula is C26H34N4O3. The van der Waals surface area contributed by atoms with Gasteiger partial charge in [0, 0.05) is 44.9 Å². The molecule has 1 aliphatic rings. The quantitative estimate of drug-likeness (QED) is 0.371. The van der Waals surface area contributed by atoms with Crippen LogP contribution in [-0.2, 0) is 5.41 Å². The monoisotopic (exact) mass is 450 g/mol. The van der Waals surface area contributed by atoms with E-state index in [0.29, 0.717) is 12.4 Å². The Morgan fingerprint density at radius 2 is 1.64 bits per heavy atom. The van der Waals surface area contributed by atoms with Crippen LogP contribution in [0.5, 0.6) is 5.75 Å². The van der Waals surface area contributed by atoms with Crippen molar-refractivity contribution in [1.82, 2.24) is 9.80 Å². The molecule has 1 fully saturated rings. The maximum Gasteiger partial charge on any atom is 0.269 e. The van der Waals surface area contributed by atoms with Gasteiger partial charge in [0.05, 0.1) is 16.4 Å². The molecule has 0 amide bonds. The Labute approximate surface area is 196 Å². The Morgan fingerprint density at radius 3 is 2.18 bits per heavy atom. The molecule has 2 aromatic rings. The van der Waals surface area contributed by atoms with Crippen molar-refractivity contribution in [1.29, 1.82) is 5.26 Å².